The van der Waals surface area contributed by atoms with E-state index < -0.39 is 36.0 Å². The average molecular weight is 777 g/mol. The van der Waals surface area contributed by atoms with Crippen LogP contribution in [0.25, 0.3) is 22.5 Å². The molecule has 3 unspecified atom stereocenters. The molecule has 0 bridgehead atoms. The van der Waals surface area contributed by atoms with Gasteiger partial charge in [0.1, 0.15) is 17.9 Å². The molecule has 4 N–H and O–H groups in total. The van der Waals surface area contributed by atoms with Gasteiger partial charge in [0.15, 0.2) is 11.9 Å². The van der Waals surface area contributed by atoms with Crippen LogP contribution in [0.4, 0.5) is 0 Å². The molecule has 0 aliphatic heterocycles. The number of carboxylic acid groups (broad SMARTS) is 1. The number of amides is 2. The molecule has 0 saturated heterocycles. The van der Waals surface area contributed by atoms with Crippen molar-refractivity contribution in [3.05, 3.63) is 124 Å². The Labute approximate surface area is 333 Å². The number of carboxylic acids is 1. The van der Waals surface area contributed by atoms with Crippen molar-refractivity contribution in [3.8, 4) is 28.3 Å². The predicted molar refractivity (Wildman–Crippen MR) is 221 cm³/mol. The van der Waals surface area contributed by atoms with Crippen LogP contribution < -0.4 is 15.4 Å². The molecule has 0 aliphatic carbocycles. The Bertz CT molecular complexity index is 2010. The van der Waals surface area contributed by atoms with E-state index in [4.69, 9.17) is 4.74 Å². The number of aromatic nitrogens is 2. The number of carbonyl (C=O) groups excluding carboxylic acids is 2. The molecule has 294 valence electrons. The minimum Gasteiger partial charge on any atom is -0.494 e. The molecular formula is C45H52N4O6S. The van der Waals surface area contributed by atoms with Crippen molar-refractivity contribution in [1.29, 1.82) is 0 Å². The molecule has 5 aromatic rings. The Morgan fingerprint density at radius 2 is 1.41 bits per heavy atom. The molecule has 10 nitrogen and oxygen atoms in total. The van der Waals surface area contributed by atoms with E-state index in [9.17, 15) is 24.6 Å². The largest absolute Gasteiger partial charge is 0.494 e. The molecule has 0 spiro atoms. The highest BCUT2D eigenvalue weighted by molar-refractivity contribution is 7.14. The topological polar surface area (TPSA) is 151 Å². The fraction of sp³-hybridized carbons (Fsp3) is 0.356. The first kappa shape index (κ1) is 41.8. The summed E-state index contributed by atoms with van der Waals surface area (Å²) in [6.07, 6.45) is 9.41. The second kappa shape index (κ2) is 20.0. The summed E-state index contributed by atoms with van der Waals surface area (Å²) in [7, 11) is 0. The number of benzene rings is 3. The first-order valence-corrected chi connectivity index (χ1v) is 20.1. The molecule has 0 saturated carbocycles. The van der Waals surface area contributed by atoms with E-state index in [1.807, 2.05) is 54.6 Å². The Kier molecular flexibility index (Phi) is 14.9. The van der Waals surface area contributed by atoms with Crippen molar-refractivity contribution in [3.63, 3.8) is 0 Å². The molecule has 3 atom stereocenters. The van der Waals surface area contributed by atoms with E-state index in [1.165, 1.54) is 43.4 Å². The lowest BCUT2D eigenvalue weighted by Crippen LogP contribution is -2.54. The van der Waals surface area contributed by atoms with Gasteiger partial charge in [0.05, 0.1) is 11.5 Å². The summed E-state index contributed by atoms with van der Waals surface area (Å²) in [5, 5.41) is 26.2. The van der Waals surface area contributed by atoms with Gasteiger partial charge in [-0.3, -0.25) is 9.59 Å². The van der Waals surface area contributed by atoms with Crippen molar-refractivity contribution in [2.45, 2.75) is 96.2 Å². The van der Waals surface area contributed by atoms with Crippen LogP contribution >= 0.6 is 11.3 Å². The van der Waals surface area contributed by atoms with E-state index >= 15 is 0 Å². The number of nitrogens with zero attached hydrogens (tertiary/aromatic N) is 2. The van der Waals surface area contributed by atoms with Gasteiger partial charge >= 0.3 is 5.97 Å². The maximum Gasteiger partial charge on any atom is 0.329 e. The zero-order valence-electron chi connectivity index (χ0n) is 32.5. The molecule has 11 heteroatoms. The molecule has 2 amide bonds. The van der Waals surface area contributed by atoms with Gasteiger partial charge in [-0.15, -0.1) is 11.3 Å². The maximum absolute atomic E-state index is 13.8. The molecule has 0 fully saturated rings. The van der Waals surface area contributed by atoms with E-state index in [1.54, 1.807) is 48.8 Å². The molecule has 5 rings (SSSR count). The summed E-state index contributed by atoms with van der Waals surface area (Å²) in [5.41, 5.74) is 3.48. The van der Waals surface area contributed by atoms with Gasteiger partial charge in [-0.1, -0.05) is 127 Å². The van der Waals surface area contributed by atoms with Gasteiger partial charge in [-0.05, 0) is 52.8 Å². The summed E-state index contributed by atoms with van der Waals surface area (Å²) in [4.78, 5) is 50.1. The minimum absolute atomic E-state index is 0.0571. The molecule has 3 aromatic carbocycles. The van der Waals surface area contributed by atoms with Crippen molar-refractivity contribution < 1.29 is 29.3 Å². The fourth-order valence-corrected chi connectivity index (χ4v) is 7.11. The Hall–Kier alpha value is -5.39. The number of carbonyl (C=O) groups is 3. The first-order valence-electron chi connectivity index (χ1n) is 19.2. The van der Waals surface area contributed by atoms with Crippen molar-refractivity contribution in [2.24, 2.45) is 0 Å². The van der Waals surface area contributed by atoms with Crippen molar-refractivity contribution in [2.75, 3.05) is 6.61 Å². The Balaban J connectivity index is 1.26. The van der Waals surface area contributed by atoms with E-state index in [2.05, 4.69) is 48.3 Å². The van der Waals surface area contributed by atoms with Gasteiger partial charge < -0.3 is 25.6 Å². The summed E-state index contributed by atoms with van der Waals surface area (Å²) in [5.74, 6) is -1.25. The first-order chi connectivity index (χ1) is 26.9. The van der Waals surface area contributed by atoms with Gasteiger partial charge in [-0.25, -0.2) is 14.8 Å². The molecule has 2 heterocycles. The van der Waals surface area contributed by atoms with Crippen molar-refractivity contribution in [1.82, 2.24) is 20.6 Å². The third-order valence-corrected chi connectivity index (χ3v) is 11.0. The Morgan fingerprint density at radius 1 is 0.768 bits per heavy atom. The molecule has 0 aliphatic rings. The third kappa shape index (κ3) is 11.8. The summed E-state index contributed by atoms with van der Waals surface area (Å²) >= 11 is 1.34. The number of aliphatic hydroxyl groups is 1. The summed E-state index contributed by atoms with van der Waals surface area (Å²) in [6.45, 7) is 9.09. The zero-order chi connectivity index (χ0) is 40.1. The average Bonchev–Trinajstić information content (AvgIpc) is 3.72. The van der Waals surface area contributed by atoms with Crippen LogP contribution in [0.1, 0.15) is 98.0 Å². The number of aliphatic carboxylic acids is 1. The van der Waals surface area contributed by atoms with Gasteiger partial charge in [0, 0.05) is 34.8 Å². The highest BCUT2D eigenvalue weighted by Gasteiger charge is 2.33. The monoisotopic (exact) mass is 776 g/mol. The van der Waals surface area contributed by atoms with E-state index in [-0.39, 0.29) is 11.8 Å². The van der Waals surface area contributed by atoms with Crippen LogP contribution in [0.2, 0.25) is 0 Å². The lowest BCUT2D eigenvalue weighted by Gasteiger charge is -2.24. The number of thiophene rings is 1. The second-order valence-electron chi connectivity index (χ2n) is 15.0. The number of ether oxygens (including phenoxy) is 1. The molecular weight excluding hydrogens is 725 g/mol. The summed E-state index contributed by atoms with van der Waals surface area (Å²) < 4.78 is 5.92. The predicted octanol–water partition coefficient (Wildman–Crippen LogP) is 8.55. The summed E-state index contributed by atoms with van der Waals surface area (Å²) in [6, 6.07) is 24.3. The lowest BCUT2D eigenvalue weighted by atomic mass is 9.95. The smallest absolute Gasteiger partial charge is 0.329 e. The maximum atomic E-state index is 13.8. The third-order valence-electron chi connectivity index (χ3n) is 9.47. The Morgan fingerprint density at radius 3 is 2.04 bits per heavy atom. The van der Waals surface area contributed by atoms with Crippen LogP contribution in [-0.2, 0) is 21.4 Å². The number of hydrogen-bond donors (Lipinski definition) is 4. The number of nitrogens with one attached hydrogen (secondary N) is 2. The standard InChI is InChI=1S/C45H52N4O6S/c1-5-6-7-8-9-13-26-55-35-22-20-31(21-23-35)34-28-46-41(47-29-34)33-18-16-30(17-19-33)27-36(48-43(52)37-24-25-38(56-37)45(2,3)4)42(51)49-39(44(53)54)40(50)32-14-11-10-12-15-32/h10-12,14-25,28-29,36,39-40,50H,5-9,13,26-27H2,1-4H3,(H,48,52)(H,49,51)(H,53,54). The quantitative estimate of drug-likeness (QED) is 0.0610. The fourth-order valence-electron chi connectivity index (χ4n) is 6.14. The van der Waals surface area contributed by atoms with Crippen molar-refractivity contribution >= 4 is 29.1 Å². The SMILES string of the molecule is CCCCCCCCOc1ccc(-c2cnc(-c3ccc(CC(NC(=O)c4ccc(C(C)(C)C)s4)C(=O)NC(C(=O)O)C(O)c4ccccc4)cc3)nc2)cc1. The minimum atomic E-state index is -1.65. The van der Waals surface area contributed by atoms with Crippen LogP contribution in [-0.4, -0.2) is 56.7 Å². The van der Waals surface area contributed by atoms with Crippen LogP contribution in [0.15, 0.2) is 103 Å². The highest BCUT2D eigenvalue weighted by Crippen LogP contribution is 2.30. The van der Waals surface area contributed by atoms with Crippen LogP contribution in [0.5, 0.6) is 5.75 Å². The second-order valence-corrected chi connectivity index (χ2v) is 16.0. The van der Waals surface area contributed by atoms with Gasteiger partial charge in [-0.2, -0.15) is 0 Å². The van der Waals surface area contributed by atoms with E-state index in [0.717, 1.165) is 33.7 Å². The van der Waals surface area contributed by atoms with Gasteiger partial charge in [0.2, 0.25) is 5.91 Å². The number of aliphatic hydroxyl groups excluding tert-OH is 1. The van der Waals surface area contributed by atoms with E-state index in [0.29, 0.717) is 28.4 Å². The molecule has 56 heavy (non-hydrogen) atoms. The number of rotatable bonds is 19. The lowest BCUT2D eigenvalue weighted by molar-refractivity contribution is -0.145. The van der Waals surface area contributed by atoms with Gasteiger partial charge in [0.25, 0.3) is 5.91 Å². The normalized spacial score (nSPS) is 13.0. The van der Waals surface area contributed by atoms with Crippen LogP contribution in [0, 0.1) is 0 Å². The number of hydrogen-bond acceptors (Lipinski definition) is 8. The zero-order valence-corrected chi connectivity index (χ0v) is 33.4. The van der Waals surface area contributed by atoms with Crippen LogP contribution in [0.3, 0.4) is 0 Å². The highest BCUT2D eigenvalue weighted by atomic mass is 32.1. The molecule has 2 aromatic heterocycles. The number of unbranched alkanes of at least 4 members (excludes halogenated alkanes) is 5. The molecule has 0 radical (unpaired) electrons.